The smallest absolute Gasteiger partial charge is 0.185 e. The summed E-state index contributed by atoms with van der Waals surface area (Å²) in [6.07, 6.45) is 6.74. The first kappa shape index (κ1) is 14.3. The van der Waals surface area contributed by atoms with Gasteiger partial charge in [-0.1, -0.05) is 48.5 Å². The number of allylic oxidation sites excluding steroid dienone is 1. The Hall–Kier alpha value is -3.33. The summed E-state index contributed by atoms with van der Waals surface area (Å²) in [5.74, 6) is -0.0139. The molecule has 0 radical (unpaired) electrons. The molecule has 0 spiro atoms. The van der Waals surface area contributed by atoms with Gasteiger partial charge in [0.15, 0.2) is 5.78 Å². The lowest BCUT2D eigenvalue weighted by Gasteiger charge is -2.01. The molecule has 0 amide bonds. The van der Waals surface area contributed by atoms with Crippen molar-refractivity contribution in [1.82, 2.24) is 9.97 Å². The van der Waals surface area contributed by atoms with Gasteiger partial charge in [0.1, 0.15) is 0 Å². The van der Waals surface area contributed by atoms with Crippen molar-refractivity contribution < 1.29 is 4.79 Å². The Kier molecular flexibility index (Phi) is 3.60. The van der Waals surface area contributed by atoms with Gasteiger partial charge in [-0.15, -0.1) is 0 Å². The monoisotopic (exact) mass is 310 g/mol. The molecule has 0 bridgehead atoms. The van der Waals surface area contributed by atoms with E-state index >= 15 is 0 Å². The Morgan fingerprint density at radius 2 is 1.58 bits per heavy atom. The van der Waals surface area contributed by atoms with Crippen LogP contribution in [0.3, 0.4) is 0 Å². The van der Waals surface area contributed by atoms with Crippen LogP contribution in [0.1, 0.15) is 15.9 Å². The zero-order valence-corrected chi connectivity index (χ0v) is 12.9. The Morgan fingerprint density at radius 3 is 2.46 bits per heavy atom. The number of hydrogen-bond donors (Lipinski definition) is 0. The van der Waals surface area contributed by atoms with Crippen LogP contribution in [0.25, 0.3) is 27.9 Å². The molecule has 0 unspecified atom stereocenters. The predicted molar refractivity (Wildman–Crippen MR) is 96.9 cm³/mol. The van der Waals surface area contributed by atoms with Crippen LogP contribution < -0.4 is 0 Å². The summed E-state index contributed by atoms with van der Waals surface area (Å²) in [5.41, 5.74) is 3.27. The fraction of sp³-hybridized carbons (Fsp3) is 0. The quantitative estimate of drug-likeness (QED) is 0.407. The van der Waals surface area contributed by atoms with Crippen molar-refractivity contribution in [3.8, 4) is 0 Å². The lowest BCUT2D eigenvalue weighted by molar-refractivity contribution is 0.104. The Morgan fingerprint density at radius 1 is 0.792 bits per heavy atom. The lowest BCUT2D eigenvalue weighted by atomic mass is 10.0. The molecule has 114 valence electrons. The van der Waals surface area contributed by atoms with Gasteiger partial charge >= 0.3 is 0 Å². The van der Waals surface area contributed by atoms with Crippen molar-refractivity contribution in [1.29, 1.82) is 0 Å². The molecule has 3 nitrogen and oxygen atoms in total. The minimum absolute atomic E-state index is 0.0139. The molecule has 3 heteroatoms. The molecule has 0 atom stereocenters. The average Bonchev–Trinajstić information content (AvgIpc) is 2.65. The summed E-state index contributed by atoms with van der Waals surface area (Å²) in [7, 11) is 0. The number of benzene rings is 3. The summed E-state index contributed by atoms with van der Waals surface area (Å²) in [6.45, 7) is 0. The highest BCUT2D eigenvalue weighted by molar-refractivity contribution is 6.08. The van der Waals surface area contributed by atoms with Gasteiger partial charge in [0.2, 0.25) is 0 Å². The maximum atomic E-state index is 12.4. The first-order valence-corrected chi connectivity index (χ1v) is 7.72. The van der Waals surface area contributed by atoms with Gasteiger partial charge in [-0.05, 0) is 40.6 Å². The van der Waals surface area contributed by atoms with E-state index in [1.165, 1.54) is 0 Å². The minimum atomic E-state index is -0.0139. The largest absolute Gasteiger partial charge is 0.289 e. The second-order valence-electron chi connectivity index (χ2n) is 5.56. The Labute approximate surface area is 139 Å². The van der Waals surface area contributed by atoms with Gasteiger partial charge in [-0.3, -0.25) is 14.8 Å². The zero-order valence-electron chi connectivity index (χ0n) is 12.9. The number of fused-ring (bicyclic) bond motifs is 2. The standard InChI is InChI=1S/C21H14N2O/c24-21(18-8-7-16-3-1-2-4-17(16)14-18)10-6-15-5-9-19-20(13-15)23-12-11-22-19/h1-14H/b10-6+. The predicted octanol–water partition coefficient (Wildman–Crippen LogP) is 4.68. The normalized spacial score (nSPS) is 11.3. The number of rotatable bonds is 3. The van der Waals surface area contributed by atoms with E-state index in [1.807, 2.05) is 66.7 Å². The molecule has 4 rings (SSSR count). The number of nitrogens with zero attached hydrogens (tertiary/aromatic N) is 2. The van der Waals surface area contributed by atoms with E-state index in [4.69, 9.17) is 0 Å². The van der Waals surface area contributed by atoms with Crippen LogP contribution in [-0.4, -0.2) is 15.8 Å². The van der Waals surface area contributed by atoms with Gasteiger partial charge in [0, 0.05) is 18.0 Å². The van der Waals surface area contributed by atoms with Crippen molar-refractivity contribution in [2.45, 2.75) is 0 Å². The molecule has 3 aromatic carbocycles. The Bertz CT molecular complexity index is 1080. The maximum absolute atomic E-state index is 12.4. The fourth-order valence-electron chi connectivity index (χ4n) is 2.69. The summed E-state index contributed by atoms with van der Waals surface area (Å²) in [4.78, 5) is 20.9. The Balaban J connectivity index is 1.62. The molecule has 0 aliphatic carbocycles. The molecular formula is C21H14N2O. The van der Waals surface area contributed by atoms with Crippen molar-refractivity contribution in [3.63, 3.8) is 0 Å². The number of aromatic nitrogens is 2. The van der Waals surface area contributed by atoms with E-state index in [0.717, 1.165) is 27.4 Å². The van der Waals surface area contributed by atoms with Crippen molar-refractivity contribution >= 4 is 33.7 Å². The highest BCUT2D eigenvalue weighted by atomic mass is 16.1. The van der Waals surface area contributed by atoms with Crippen LogP contribution in [0.5, 0.6) is 0 Å². The van der Waals surface area contributed by atoms with Gasteiger partial charge in [-0.25, -0.2) is 0 Å². The number of hydrogen-bond acceptors (Lipinski definition) is 3. The SMILES string of the molecule is O=C(/C=C/c1ccc2nccnc2c1)c1ccc2ccccc2c1. The highest BCUT2D eigenvalue weighted by Gasteiger charge is 2.03. The third-order valence-corrected chi connectivity index (χ3v) is 3.95. The molecule has 0 aliphatic rings. The third kappa shape index (κ3) is 2.79. The zero-order chi connectivity index (χ0) is 16.4. The van der Waals surface area contributed by atoms with Gasteiger partial charge in [0.25, 0.3) is 0 Å². The number of carbonyl (C=O) groups excluding carboxylic acids is 1. The molecule has 4 aromatic rings. The van der Waals surface area contributed by atoms with E-state index in [-0.39, 0.29) is 5.78 Å². The van der Waals surface area contributed by atoms with E-state index in [0.29, 0.717) is 5.56 Å². The van der Waals surface area contributed by atoms with Crippen LogP contribution in [0.2, 0.25) is 0 Å². The molecule has 0 aliphatic heterocycles. The van der Waals surface area contributed by atoms with Crippen LogP contribution in [0.15, 0.2) is 79.1 Å². The second-order valence-corrected chi connectivity index (χ2v) is 5.56. The summed E-state index contributed by atoms with van der Waals surface area (Å²) >= 11 is 0. The van der Waals surface area contributed by atoms with Crippen LogP contribution in [0.4, 0.5) is 0 Å². The molecule has 1 heterocycles. The lowest BCUT2D eigenvalue weighted by Crippen LogP contribution is -1.93. The van der Waals surface area contributed by atoms with Gasteiger partial charge < -0.3 is 0 Å². The van der Waals surface area contributed by atoms with Crippen LogP contribution in [-0.2, 0) is 0 Å². The number of ketones is 1. The maximum Gasteiger partial charge on any atom is 0.185 e. The van der Waals surface area contributed by atoms with Crippen LogP contribution in [0, 0.1) is 0 Å². The second kappa shape index (κ2) is 6.05. The molecule has 0 fully saturated rings. The molecule has 0 N–H and O–H groups in total. The van der Waals surface area contributed by atoms with E-state index < -0.39 is 0 Å². The third-order valence-electron chi connectivity index (χ3n) is 3.95. The fourth-order valence-corrected chi connectivity index (χ4v) is 2.69. The van der Waals surface area contributed by atoms with Gasteiger partial charge in [0.05, 0.1) is 11.0 Å². The van der Waals surface area contributed by atoms with Crippen molar-refractivity contribution in [2.75, 3.05) is 0 Å². The topological polar surface area (TPSA) is 42.9 Å². The first-order chi connectivity index (χ1) is 11.8. The molecular weight excluding hydrogens is 296 g/mol. The summed E-state index contributed by atoms with van der Waals surface area (Å²) < 4.78 is 0. The van der Waals surface area contributed by atoms with E-state index in [2.05, 4.69) is 9.97 Å². The van der Waals surface area contributed by atoms with Crippen LogP contribution >= 0.6 is 0 Å². The van der Waals surface area contributed by atoms with E-state index in [9.17, 15) is 4.79 Å². The molecule has 1 aromatic heterocycles. The highest BCUT2D eigenvalue weighted by Crippen LogP contribution is 2.17. The summed E-state index contributed by atoms with van der Waals surface area (Å²) in [6, 6.07) is 19.5. The molecule has 24 heavy (non-hydrogen) atoms. The number of carbonyl (C=O) groups is 1. The van der Waals surface area contributed by atoms with Crippen molar-refractivity contribution in [3.05, 3.63) is 90.3 Å². The minimum Gasteiger partial charge on any atom is -0.289 e. The summed E-state index contributed by atoms with van der Waals surface area (Å²) in [5, 5.41) is 2.20. The molecule has 0 saturated carbocycles. The average molecular weight is 310 g/mol. The first-order valence-electron chi connectivity index (χ1n) is 7.72. The van der Waals surface area contributed by atoms with Crippen molar-refractivity contribution in [2.24, 2.45) is 0 Å². The van der Waals surface area contributed by atoms with E-state index in [1.54, 1.807) is 18.5 Å². The van der Waals surface area contributed by atoms with Gasteiger partial charge in [-0.2, -0.15) is 0 Å². The molecule has 0 saturated heterocycles.